The van der Waals surface area contributed by atoms with Gasteiger partial charge in [-0.1, -0.05) is 28.7 Å². The minimum absolute atomic E-state index is 0. The predicted octanol–water partition coefficient (Wildman–Crippen LogP) is 6.07. The first-order chi connectivity index (χ1) is 42.1. The molecule has 0 saturated heterocycles. The van der Waals surface area contributed by atoms with Crippen LogP contribution < -0.4 is 0 Å². The first kappa shape index (κ1) is 100. The van der Waals surface area contributed by atoms with E-state index < -0.39 is 38.3 Å². The van der Waals surface area contributed by atoms with Crippen molar-refractivity contribution in [2.24, 2.45) is 0 Å². The van der Waals surface area contributed by atoms with Gasteiger partial charge < -0.3 is 105 Å². The van der Waals surface area contributed by atoms with Crippen LogP contribution in [0.5, 0.6) is 0 Å². The molecule has 562 valence electrons. The van der Waals surface area contributed by atoms with Crippen LogP contribution in [0.25, 0.3) is 0 Å². The van der Waals surface area contributed by atoms with Crippen molar-refractivity contribution in [3.63, 3.8) is 0 Å². The monoisotopic (exact) mass is 1400 g/mol. The number of nitrogens with zero attached hydrogens (tertiary/aromatic N) is 6. The van der Waals surface area contributed by atoms with Crippen molar-refractivity contribution in [2.75, 3.05) is 263 Å². The fourth-order valence-electron chi connectivity index (χ4n) is 11.4. The molecule has 0 aliphatic rings. The molecule has 0 aliphatic heterocycles. The highest BCUT2D eigenvalue weighted by atomic mass is 31.2. The number of rotatable bonds is 54. The average Bonchev–Trinajstić information content (AvgIpc) is 0.841. The van der Waals surface area contributed by atoms with Gasteiger partial charge in [0.15, 0.2) is 0 Å². The topological polar surface area (TPSA) is 309 Å². The van der Waals surface area contributed by atoms with E-state index in [1.54, 1.807) is 20.8 Å². The molecule has 0 fully saturated rings. The van der Waals surface area contributed by atoms with Gasteiger partial charge in [0, 0.05) is 0 Å². The van der Waals surface area contributed by atoms with E-state index in [1.807, 2.05) is 48.5 Å². The van der Waals surface area contributed by atoms with Gasteiger partial charge in [0.1, 0.15) is 144 Å². The Balaban J connectivity index is -0.000000408. The third-order valence-electron chi connectivity index (χ3n) is 18.6. The summed E-state index contributed by atoms with van der Waals surface area (Å²) in [7, 11) is -10.2. The van der Waals surface area contributed by atoms with E-state index >= 15 is 0 Å². The van der Waals surface area contributed by atoms with Gasteiger partial charge in [0.05, 0.1) is 134 Å². The third-order valence-corrected chi connectivity index (χ3v) is 26.7. The molecule has 0 aromatic carbocycles. The average molecular weight is 1400 g/mol. The lowest BCUT2D eigenvalue weighted by Crippen LogP contribution is -2.55. The quantitative estimate of drug-likeness (QED) is 0.0244. The molecule has 0 rings (SSSR count). The first-order valence-electron chi connectivity index (χ1n) is 34.0. The summed E-state index contributed by atoms with van der Waals surface area (Å²) in [5.74, 6) is 0. The smallest absolute Gasteiger partial charge is 0.336 e. The molecule has 0 spiro atoms. The number of aliphatic hydroxyl groups is 10. The van der Waals surface area contributed by atoms with Crippen molar-refractivity contribution < 1.29 is 119 Å². The van der Waals surface area contributed by atoms with Gasteiger partial charge in [-0.05, 0) is 117 Å². The number of hydrogen-bond donors (Lipinski definition) is 10. The molecule has 3 unspecified atom stereocenters. The molecule has 0 aromatic heterocycles. The van der Waals surface area contributed by atoms with Crippen LogP contribution in [0.15, 0.2) is 0 Å². The zero-order valence-electron chi connectivity index (χ0n) is 60.4. The Morgan fingerprint density at radius 2 is 0.370 bits per heavy atom. The Kier molecular flexibility index (Phi) is 55.7. The SMILES string of the molecule is C.C.CCC[N+](CCO)(CCO)CCOP(=O)(OCC[N+](CC)(CC)CC)C(C)(C)C.CCC[N+](CCO)(CCO)CCOP(=O)(OCC[N+](CCO)(CCO)CCO)C(C)(C)C.CC[N+](CC)(CC)CCOP(=O)(OCC[N+](CCO)(CCO)CCO)C(C)(C)C. The van der Waals surface area contributed by atoms with Crippen molar-refractivity contribution >= 4 is 22.8 Å². The molecular weight excluding hydrogens is 1250 g/mol. The summed E-state index contributed by atoms with van der Waals surface area (Å²) < 4.78 is 79.7. The van der Waals surface area contributed by atoms with E-state index in [4.69, 9.17) is 27.1 Å². The van der Waals surface area contributed by atoms with Crippen molar-refractivity contribution in [3.05, 3.63) is 0 Å². The van der Waals surface area contributed by atoms with Crippen LogP contribution in [0.1, 0.15) is 145 Å². The summed E-state index contributed by atoms with van der Waals surface area (Å²) in [6.07, 6.45) is 1.83. The first-order valence-corrected chi connectivity index (χ1v) is 38.6. The van der Waals surface area contributed by atoms with E-state index in [9.17, 15) is 64.8 Å². The molecule has 25 nitrogen and oxygen atoms in total. The van der Waals surface area contributed by atoms with Gasteiger partial charge in [0.25, 0.3) is 0 Å². The van der Waals surface area contributed by atoms with E-state index in [0.29, 0.717) is 118 Å². The van der Waals surface area contributed by atoms with Crippen LogP contribution in [0.4, 0.5) is 0 Å². The summed E-state index contributed by atoms with van der Waals surface area (Å²) in [6.45, 7) is 50.4. The second-order valence-electron chi connectivity index (χ2n) is 27.2. The Labute approximate surface area is 563 Å². The predicted molar refractivity (Wildman–Crippen MR) is 375 cm³/mol. The Bertz CT molecular complexity index is 1700. The maximum atomic E-state index is 13.6. The lowest BCUT2D eigenvalue weighted by Gasteiger charge is -2.39. The van der Waals surface area contributed by atoms with Gasteiger partial charge in [-0.2, -0.15) is 0 Å². The molecule has 0 aromatic rings. The zero-order valence-corrected chi connectivity index (χ0v) is 63.1. The van der Waals surface area contributed by atoms with Crippen LogP contribution >= 0.6 is 22.8 Å². The molecule has 0 heterocycles. The zero-order chi connectivity index (χ0) is 69.9. The molecule has 0 saturated carbocycles. The van der Waals surface area contributed by atoms with Crippen molar-refractivity contribution in [3.8, 4) is 0 Å². The minimum atomic E-state index is -3.52. The van der Waals surface area contributed by atoms with Gasteiger partial charge in [-0.15, -0.1) is 0 Å². The van der Waals surface area contributed by atoms with Crippen LogP contribution in [0.3, 0.4) is 0 Å². The molecular formula is C64H153N6O19P3+6. The summed E-state index contributed by atoms with van der Waals surface area (Å²) in [5.41, 5.74) is 0. The lowest BCUT2D eigenvalue weighted by atomic mass is 10.3. The maximum absolute atomic E-state index is 13.6. The highest BCUT2D eigenvalue weighted by molar-refractivity contribution is 7.56. The molecule has 0 amide bonds. The maximum Gasteiger partial charge on any atom is 0.336 e. The standard InChI is InChI=1S/C21H49N2O8P.C21H49N2O5P.C20H47N2O6P.2CH4/c1-5-6-22(7-14-24,8-15-25)12-19-30-32(29,21(2,3)4)31-20-13-23(9-16-26,10-17-27)11-18-28;1-8-12-23(13-17-24,14-18-25)16-20-28-29(26,21(5,6)7)27-19-15-22(9-2,10-3)11-4;1-7-21(8-2,9-3)13-18-27-29(26,20(4,5)6)28-19-14-22(10-15-23,11-16-24)12-17-25;;/h24-28H,5-20H2,1-4H3;24-25H,8-20H2,1-7H3;23-25H,7-19H2,1-6H3;2*1H4/q3*+2;;. The van der Waals surface area contributed by atoms with Crippen LogP contribution in [-0.4, -0.2) is 356 Å². The Morgan fingerprint density at radius 1 is 0.239 bits per heavy atom. The number of likely N-dealkylation sites (N-methyl/N-ethyl adjacent to an activating group) is 2. The summed E-state index contributed by atoms with van der Waals surface area (Å²) in [5, 5.41) is 92.4. The Hall–Kier alpha value is -0.190. The largest absolute Gasteiger partial charge is 0.391 e. The molecule has 3 atom stereocenters. The molecule has 0 radical (unpaired) electrons. The summed E-state index contributed by atoms with van der Waals surface area (Å²) in [6, 6.07) is 0. The van der Waals surface area contributed by atoms with Crippen LogP contribution in [0.2, 0.25) is 0 Å². The number of aliphatic hydroxyl groups excluding tert-OH is 10. The third kappa shape index (κ3) is 35.7. The summed E-state index contributed by atoms with van der Waals surface area (Å²) in [4.78, 5) is 0. The lowest BCUT2D eigenvalue weighted by molar-refractivity contribution is -0.929. The highest BCUT2D eigenvalue weighted by Crippen LogP contribution is 2.61. The van der Waals surface area contributed by atoms with Crippen molar-refractivity contribution in [1.82, 2.24) is 0 Å². The highest BCUT2D eigenvalue weighted by Gasteiger charge is 2.44. The molecule has 0 bridgehead atoms. The van der Waals surface area contributed by atoms with Crippen molar-refractivity contribution in [2.45, 2.75) is 161 Å². The van der Waals surface area contributed by atoms with Crippen LogP contribution in [-0.2, 0) is 40.8 Å². The second kappa shape index (κ2) is 51.0. The van der Waals surface area contributed by atoms with Gasteiger partial charge in [-0.25, -0.2) is 0 Å². The number of quaternary nitrogens is 6. The molecule has 0 aliphatic carbocycles. The summed E-state index contributed by atoms with van der Waals surface area (Å²) >= 11 is 0. The van der Waals surface area contributed by atoms with Gasteiger partial charge in [0.2, 0.25) is 0 Å². The van der Waals surface area contributed by atoms with E-state index in [-0.39, 0.29) is 112 Å². The van der Waals surface area contributed by atoms with Gasteiger partial charge >= 0.3 is 22.8 Å². The fraction of sp³-hybridized carbons (Fsp3) is 1.00. The van der Waals surface area contributed by atoms with E-state index in [0.717, 1.165) is 87.3 Å². The molecule has 10 N–H and O–H groups in total. The van der Waals surface area contributed by atoms with Crippen molar-refractivity contribution in [1.29, 1.82) is 0 Å². The van der Waals surface area contributed by atoms with Gasteiger partial charge in [-0.3, -0.25) is 13.7 Å². The van der Waals surface area contributed by atoms with E-state index in [1.165, 1.54) is 0 Å². The molecule has 28 heteroatoms. The number of hydrogen-bond acceptors (Lipinski definition) is 19. The fourth-order valence-corrected chi connectivity index (χ4v) is 15.9. The second-order valence-corrected chi connectivity index (χ2v) is 35.8. The normalized spacial score (nSPS) is 15.0. The van der Waals surface area contributed by atoms with E-state index in [2.05, 4.69) is 48.5 Å². The Morgan fingerprint density at radius 3 is 0.478 bits per heavy atom. The molecule has 92 heavy (non-hydrogen) atoms. The minimum Gasteiger partial charge on any atom is -0.391 e. The van der Waals surface area contributed by atoms with Crippen LogP contribution in [0, 0.1) is 0 Å².